The molecule has 13 heteroatoms. The Kier molecular flexibility index (Phi) is 6.54. The summed E-state index contributed by atoms with van der Waals surface area (Å²) in [6, 6.07) is 4.73. The molecule has 2 heterocycles. The Morgan fingerprint density at radius 3 is 2.58 bits per heavy atom. The molecule has 1 aromatic heterocycles. The zero-order valence-corrected chi connectivity index (χ0v) is 16.8. The molecule has 0 saturated carbocycles. The van der Waals surface area contributed by atoms with Gasteiger partial charge in [-0.25, -0.2) is 4.39 Å². The highest BCUT2D eigenvalue weighted by Crippen LogP contribution is 2.51. The number of carbonyl (C=O) groups excluding carboxylic acids is 2. The molecule has 2 aromatic rings. The Balaban J connectivity index is 2.00. The second-order valence-electron chi connectivity index (χ2n) is 7.42. The van der Waals surface area contributed by atoms with Gasteiger partial charge in [0.2, 0.25) is 0 Å². The van der Waals surface area contributed by atoms with Gasteiger partial charge in [0.25, 0.3) is 11.8 Å². The summed E-state index contributed by atoms with van der Waals surface area (Å²) in [5, 5.41) is 2.30. The number of amides is 2. The van der Waals surface area contributed by atoms with Crippen LogP contribution in [0.25, 0.3) is 0 Å². The van der Waals surface area contributed by atoms with E-state index in [0.717, 1.165) is 24.4 Å². The number of anilines is 1. The molecule has 0 bridgehead atoms. The van der Waals surface area contributed by atoms with Crippen LogP contribution in [0.1, 0.15) is 35.3 Å². The maximum absolute atomic E-state index is 13.7. The molecule has 0 aliphatic carbocycles. The Labute approximate surface area is 182 Å². The van der Waals surface area contributed by atoms with Crippen LogP contribution in [0.3, 0.4) is 0 Å². The molecule has 33 heavy (non-hydrogen) atoms. The second-order valence-corrected chi connectivity index (χ2v) is 7.42. The number of hydrogen-bond donors (Lipinski definition) is 2. The lowest BCUT2D eigenvalue weighted by atomic mass is 9.86. The second kappa shape index (κ2) is 8.89. The summed E-state index contributed by atoms with van der Waals surface area (Å²) in [7, 11) is 0. The summed E-state index contributed by atoms with van der Waals surface area (Å²) in [6.07, 6.45) is -6.44. The fourth-order valence-electron chi connectivity index (χ4n) is 3.50. The van der Waals surface area contributed by atoms with Gasteiger partial charge < -0.3 is 20.5 Å². The Morgan fingerprint density at radius 1 is 1.27 bits per heavy atom. The molecule has 1 saturated heterocycles. The first-order chi connectivity index (χ1) is 15.3. The zero-order valence-electron chi connectivity index (χ0n) is 16.8. The monoisotopic (exact) mass is 477 g/mol. The quantitative estimate of drug-likeness (QED) is 0.617. The van der Waals surface area contributed by atoms with Crippen LogP contribution in [-0.2, 0) is 9.53 Å². The smallest absolute Gasteiger partial charge is 0.417 e. The number of alkyl halides is 5. The SMILES string of the molecule is CC1(C(F)(F)F)CC(c2ccc(F)cc2OC(F)F)C(C(=O)Nc2ccnc(C(N)=O)c2)O1. The first-order valence-corrected chi connectivity index (χ1v) is 9.36. The molecule has 1 aromatic carbocycles. The van der Waals surface area contributed by atoms with E-state index in [1.54, 1.807) is 0 Å². The van der Waals surface area contributed by atoms with Crippen molar-refractivity contribution < 1.29 is 45.4 Å². The summed E-state index contributed by atoms with van der Waals surface area (Å²) in [5.41, 5.74) is 1.80. The van der Waals surface area contributed by atoms with Crippen LogP contribution in [-0.4, -0.2) is 41.3 Å². The van der Waals surface area contributed by atoms with Crippen LogP contribution in [0.5, 0.6) is 5.75 Å². The van der Waals surface area contributed by atoms with Crippen LogP contribution in [0.15, 0.2) is 36.5 Å². The summed E-state index contributed by atoms with van der Waals surface area (Å²) in [4.78, 5) is 27.8. The van der Waals surface area contributed by atoms with E-state index >= 15 is 0 Å². The fourth-order valence-corrected chi connectivity index (χ4v) is 3.50. The standard InChI is InChI=1S/C20H17F6N3O4/c1-19(20(24,25)26)8-12(11-3-2-9(21)6-14(11)32-18(22)23)15(33-19)17(31)29-10-4-5-28-13(7-10)16(27)30/h2-7,12,15,18H,8H2,1H3,(H2,27,30)(H,28,29,31). The van der Waals surface area contributed by atoms with Gasteiger partial charge in [0.05, 0.1) is 0 Å². The molecule has 2 amide bonds. The molecule has 0 spiro atoms. The van der Waals surface area contributed by atoms with Crippen LogP contribution in [0.2, 0.25) is 0 Å². The van der Waals surface area contributed by atoms with Crippen molar-refractivity contribution in [2.24, 2.45) is 5.73 Å². The van der Waals surface area contributed by atoms with Crippen molar-refractivity contribution >= 4 is 17.5 Å². The van der Waals surface area contributed by atoms with E-state index in [1.165, 1.54) is 6.07 Å². The molecule has 3 unspecified atom stereocenters. The number of primary amides is 1. The molecule has 1 aliphatic rings. The van der Waals surface area contributed by atoms with E-state index in [1.807, 2.05) is 0 Å². The Bertz CT molecular complexity index is 1060. The van der Waals surface area contributed by atoms with Gasteiger partial charge in [-0.15, -0.1) is 0 Å². The van der Waals surface area contributed by atoms with Gasteiger partial charge in [-0.1, -0.05) is 6.07 Å². The summed E-state index contributed by atoms with van der Waals surface area (Å²) in [6.45, 7) is -2.68. The van der Waals surface area contributed by atoms with Gasteiger partial charge in [0.15, 0.2) is 5.60 Å². The minimum atomic E-state index is -4.92. The summed E-state index contributed by atoms with van der Waals surface area (Å²) < 4.78 is 89.7. The van der Waals surface area contributed by atoms with Crippen molar-refractivity contribution in [2.45, 2.75) is 43.8 Å². The van der Waals surface area contributed by atoms with E-state index in [0.29, 0.717) is 13.0 Å². The molecule has 3 N–H and O–H groups in total. The van der Waals surface area contributed by atoms with E-state index in [2.05, 4.69) is 15.0 Å². The molecular weight excluding hydrogens is 460 g/mol. The first-order valence-electron chi connectivity index (χ1n) is 9.36. The van der Waals surface area contributed by atoms with E-state index in [9.17, 15) is 35.9 Å². The molecule has 1 aliphatic heterocycles. The largest absolute Gasteiger partial charge is 0.434 e. The third kappa shape index (κ3) is 5.18. The number of hydrogen-bond acceptors (Lipinski definition) is 5. The predicted molar refractivity (Wildman–Crippen MR) is 101 cm³/mol. The number of aromatic nitrogens is 1. The van der Waals surface area contributed by atoms with Crippen molar-refractivity contribution in [3.8, 4) is 5.75 Å². The number of pyridine rings is 1. The van der Waals surface area contributed by atoms with Crippen LogP contribution < -0.4 is 15.8 Å². The lowest BCUT2D eigenvalue weighted by Gasteiger charge is -2.27. The minimum absolute atomic E-state index is 0.0186. The number of halogens is 6. The lowest BCUT2D eigenvalue weighted by molar-refractivity contribution is -0.261. The van der Waals surface area contributed by atoms with Crippen LogP contribution in [0.4, 0.5) is 32.0 Å². The normalized spacial score (nSPS) is 22.9. The highest BCUT2D eigenvalue weighted by molar-refractivity contribution is 5.97. The van der Waals surface area contributed by atoms with Gasteiger partial charge in [-0.3, -0.25) is 14.6 Å². The van der Waals surface area contributed by atoms with Crippen molar-refractivity contribution in [1.29, 1.82) is 0 Å². The van der Waals surface area contributed by atoms with Crippen molar-refractivity contribution in [1.82, 2.24) is 4.98 Å². The topological polar surface area (TPSA) is 104 Å². The molecule has 3 atom stereocenters. The van der Waals surface area contributed by atoms with Gasteiger partial charge in [-0.05, 0) is 31.5 Å². The molecule has 3 rings (SSSR count). The molecule has 0 radical (unpaired) electrons. The summed E-state index contributed by atoms with van der Waals surface area (Å²) >= 11 is 0. The zero-order chi connectivity index (χ0) is 24.6. The fraction of sp³-hybridized carbons (Fsp3) is 0.350. The third-order valence-corrected chi connectivity index (χ3v) is 5.09. The maximum Gasteiger partial charge on any atom is 0.417 e. The number of benzene rings is 1. The predicted octanol–water partition coefficient (Wildman–Crippen LogP) is 3.75. The highest BCUT2D eigenvalue weighted by atomic mass is 19.4. The third-order valence-electron chi connectivity index (χ3n) is 5.09. The Morgan fingerprint density at radius 2 is 1.97 bits per heavy atom. The lowest BCUT2D eigenvalue weighted by Crippen LogP contribution is -2.43. The van der Waals surface area contributed by atoms with Crippen LogP contribution >= 0.6 is 0 Å². The van der Waals surface area contributed by atoms with Gasteiger partial charge in [-0.2, -0.15) is 22.0 Å². The van der Waals surface area contributed by atoms with Crippen LogP contribution in [0, 0.1) is 5.82 Å². The average molecular weight is 477 g/mol. The number of nitrogens with one attached hydrogen (secondary N) is 1. The molecule has 1 fully saturated rings. The maximum atomic E-state index is 13.7. The molecule has 178 valence electrons. The van der Waals surface area contributed by atoms with Gasteiger partial charge in [0.1, 0.15) is 23.4 Å². The number of nitrogens with zero attached hydrogens (tertiary/aromatic N) is 1. The van der Waals surface area contributed by atoms with Crippen molar-refractivity contribution in [2.75, 3.05) is 5.32 Å². The number of ether oxygens (including phenoxy) is 2. The minimum Gasteiger partial charge on any atom is -0.434 e. The highest BCUT2D eigenvalue weighted by Gasteiger charge is 2.61. The number of carbonyl (C=O) groups is 2. The molecular formula is C20H17F6N3O4. The van der Waals surface area contributed by atoms with E-state index < -0.39 is 60.2 Å². The van der Waals surface area contributed by atoms with Crippen molar-refractivity contribution in [3.63, 3.8) is 0 Å². The van der Waals surface area contributed by atoms with E-state index in [4.69, 9.17) is 10.5 Å². The average Bonchev–Trinajstić information content (AvgIpc) is 3.07. The number of nitrogens with two attached hydrogens (primary N) is 1. The number of rotatable bonds is 6. The van der Waals surface area contributed by atoms with E-state index in [-0.39, 0.29) is 16.9 Å². The molecule has 7 nitrogen and oxygen atoms in total. The van der Waals surface area contributed by atoms with Gasteiger partial charge >= 0.3 is 12.8 Å². The van der Waals surface area contributed by atoms with Gasteiger partial charge in [0, 0.05) is 29.4 Å². The first kappa shape index (κ1) is 24.3. The summed E-state index contributed by atoms with van der Waals surface area (Å²) in [5.74, 6) is -5.09. The van der Waals surface area contributed by atoms with Crippen molar-refractivity contribution in [3.05, 3.63) is 53.6 Å². The Hall–Kier alpha value is -3.35.